The monoisotopic (exact) mass is 227 g/mol. The van der Waals surface area contributed by atoms with Crippen LogP contribution in [0.25, 0.3) is 0 Å². The Labute approximate surface area is 102 Å². The quantitative estimate of drug-likeness (QED) is 0.842. The molecule has 2 aliphatic carbocycles. The molecule has 2 nitrogen and oxygen atoms in total. The molecule has 0 heterocycles. The van der Waals surface area contributed by atoms with Crippen LogP contribution < -0.4 is 0 Å². The summed E-state index contributed by atoms with van der Waals surface area (Å²) in [6, 6.07) is 9.96. The molecule has 2 fully saturated rings. The Morgan fingerprint density at radius 3 is 2.88 bits per heavy atom. The van der Waals surface area contributed by atoms with Gasteiger partial charge in [-0.2, -0.15) is 5.26 Å². The molecule has 88 valence electrons. The molecule has 2 heteroatoms. The third-order valence-electron chi connectivity index (χ3n) is 4.63. The van der Waals surface area contributed by atoms with Crippen molar-refractivity contribution in [3.63, 3.8) is 0 Å². The van der Waals surface area contributed by atoms with Gasteiger partial charge in [-0.05, 0) is 55.2 Å². The maximum atomic E-state index is 9.56. The van der Waals surface area contributed by atoms with Crippen LogP contribution in [0.15, 0.2) is 24.3 Å². The van der Waals surface area contributed by atoms with Gasteiger partial charge in [0, 0.05) is 0 Å². The molecule has 2 saturated carbocycles. The second-order valence-corrected chi connectivity index (χ2v) is 5.69. The van der Waals surface area contributed by atoms with E-state index in [4.69, 9.17) is 0 Å². The van der Waals surface area contributed by atoms with Gasteiger partial charge in [0.2, 0.25) is 0 Å². The van der Waals surface area contributed by atoms with E-state index in [2.05, 4.69) is 6.07 Å². The first-order valence-electron chi connectivity index (χ1n) is 6.41. The van der Waals surface area contributed by atoms with Crippen LogP contribution >= 0.6 is 0 Å². The fourth-order valence-electron chi connectivity index (χ4n) is 3.87. The Bertz CT molecular complexity index is 476. The zero-order valence-electron chi connectivity index (χ0n) is 9.89. The number of fused-ring (bicyclic) bond motifs is 2. The lowest BCUT2D eigenvalue weighted by Gasteiger charge is -2.31. The van der Waals surface area contributed by atoms with Crippen molar-refractivity contribution in [2.75, 3.05) is 0 Å². The molecule has 0 aliphatic heterocycles. The van der Waals surface area contributed by atoms with E-state index in [9.17, 15) is 10.4 Å². The van der Waals surface area contributed by atoms with E-state index in [1.54, 1.807) is 12.1 Å². The van der Waals surface area contributed by atoms with Crippen molar-refractivity contribution >= 4 is 0 Å². The average molecular weight is 227 g/mol. The van der Waals surface area contributed by atoms with E-state index in [-0.39, 0.29) is 5.41 Å². The minimum absolute atomic E-state index is 0.156. The summed E-state index contributed by atoms with van der Waals surface area (Å²) in [5.41, 5.74) is 0.940. The maximum Gasteiger partial charge on any atom is 0.115 e. The predicted molar refractivity (Wildman–Crippen MR) is 65.3 cm³/mol. The zero-order chi connectivity index (χ0) is 11.9. The molecule has 17 heavy (non-hydrogen) atoms. The topological polar surface area (TPSA) is 44.0 Å². The average Bonchev–Trinajstić information content (AvgIpc) is 2.89. The summed E-state index contributed by atoms with van der Waals surface area (Å²) >= 11 is 0. The second kappa shape index (κ2) is 3.77. The van der Waals surface area contributed by atoms with Crippen molar-refractivity contribution in [1.29, 1.82) is 5.26 Å². The van der Waals surface area contributed by atoms with E-state index in [0.29, 0.717) is 11.7 Å². The minimum Gasteiger partial charge on any atom is -0.508 e. The standard InChI is InChI=1S/C15H17NO/c16-10-15(9-12-4-5-13(15)6-12)8-11-2-1-3-14(17)7-11/h1-3,7,12-13,17H,4-6,8-9H2. The SMILES string of the molecule is N#CC1(Cc2cccc(O)c2)CC2CCC1C2. The second-order valence-electron chi connectivity index (χ2n) is 5.69. The molecule has 0 amide bonds. The summed E-state index contributed by atoms with van der Waals surface area (Å²) in [7, 11) is 0. The first-order chi connectivity index (χ1) is 8.22. The molecule has 0 aromatic heterocycles. The minimum atomic E-state index is -0.156. The first-order valence-corrected chi connectivity index (χ1v) is 6.41. The fourth-order valence-corrected chi connectivity index (χ4v) is 3.87. The molecular formula is C15H17NO. The van der Waals surface area contributed by atoms with Crippen molar-refractivity contribution in [1.82, 2.24) is 0 Å². The lowest BCUT2D eigenvalue weighted by atomic mass is 9.70. The van der Waals surface area contributed by atoms with Crippen LogP contribution in [0, 0.1) is 28.6 Å². The molecule has 1 N–H and O–H groups in total. The number of benzene rings is 1. The molecule has 0 saturated heterocycles. The van der Waals surface area contributed by atoms with Crippen molar-refractivity contribution in [3.05, 3.63) is 29.8 Å². The Balaban J connectivity index is 1.86. The Kier molecular flexibility index (Phi) is 2.36. The van der Waals surface area contributed by atoms with E-state index in [0.717, 1.165) is 24.3 Å². The lowest BCUT2D eigenvalue weighted by Crippen LogP contribution is -2.28. The predicted octanol–water partition coefficient (Wildman–Crippen LogP) is 3.26. The van der Waals surface area contributed by atoms with Crippen LogP contribution in [-0.2, 0) is 6.42 Å². The van der Waals surface area contributed by atoms with Crippen LogP contribution in [0.3, 0.4) is 0 Å². The van der Waals surface area contributed by atoms with E-state index in [1.165, 1.54) is 19.3 Å². The number of hydrogen-bond acceptors (Lipinski definition) is 2. The van der Waals surface area contributed by atoms with Gasteiger partial charge in [0.15, 0.2) is 0 Å². The van der Waals surface area contributed by atoms with Crippen LogP contribution in [0.2, 0.25) is 0 Å². The molecule has 0 spiro atoms. The molecule has 3 rings (SSSR count). The number of hydrogen-bond donors (Lipinski definition) is 1. The van der Waals surface area contributed by atoms with Gasteiger partial charge in [0.25, 0.3) is 0 Å². The van der Waals surface area contributed by atoms with Gasteiger partial charge < -0.3 is 5.11 Å². The highest BCUT2D eigenvalue weighted by Gasteiger charge is 2.51. The summed E-state index contributed by atoms with van der Waals surface area (Å²) in [4.78, 5) is 0. The first kappa shape index (κ1) is 10.7. The summed E-state index contributed by atoms with van der Waals surface area (Å²) in [6.45, 7) is 0. The number of nitrogens with zero attached hydrogens (tertiary/aromatic N) is 1. The van der Waals surface area contributed by atoms with Crippen molar-refractivity contribution < 1.29 is 5.11 Å². The molecule has 0 radical (unpaired) electrons. The highest BCUT2D eigenvalue weighted by atomic mass is 16.3. The number of phenols is 1. The van der Waals surface area contributed by atoms with Gasteiger partial charge in [-0.15, -0.1) is 0 Å². The molecule has 1 aromatic rings. The molecule has 3 atom stereocenters. The van der Waals surface area contributed by atoms with Gasteiger partial charge in [-0.25, -0.2) is 0 Å². The highest BCUT2D eigenvalue weighted by molar-refractivity contribution is 5.30. The van der Waals surface area contributed by atoms with E-state index in [1.807, 2.05) is 12.1 Å². The van der Waals surface area contributed by atoms with Gasteiger partial charge in [-0.1, -0.05) is 18.6 Å². The third-order valence-corrected chi connectivity index (χ3v) is 4.63. The summed E-state index contributed by atoms with van der Waals surface area (Å²) in [6.07, 6.45) is 5.64. The van der Waals surface area contributed by atoms with Gasteiger partial charge in [0.05, 0.1) is 11.5 Å². The third kappa shape index (κ3) is 1.70. The smallest absolute Gasteiger partial charge is 0.115 e. The molecule has 2 aliphatic rings. The van der Waals surface area contributed by atoms with Gasteiger partial charge in [0.1, 0.15) is 5.75 Å². The molecule has 2 bridgehead atoms. The molecule has 1 aromatic carbocycles. The number of rotatable bonds is 2. The number of aromatic hydroxyl groups is 1. The van der Waals surface area contributed by atoms with E-state index < -0.39 is 0 Å². The molecule has 3 unspecified atom stereocenters. The van der Waals surface area contributed by atoms with Crippen LogP contribution in [0.4, 0.5) is 0 Å². The van der Waals surface area contributed by atoms with Crippen molar-refractivity contribution in [3.8, 4) is 11.8 Å². The molecular weight excluding hydrogens is 210 g/mol. The van der Waals surface area contributed by atoms with Crippen LogP contribution in [-0.4, -0.2) is 5.11 Å². The summed E-state index contributed by atoms with van der Waals surface area (Å²) < 4.78 is 0. The summed E-state index contributed by atoms with van der Waals surface area (Å²) in [5, 5.41) is 19.0. The lowest BCUT2D eigenvalue weighted by molar-refractivity contribution is 0.239. The Morgan fingerprint density at radius 2 is 2.29 bits per heavy atom. The zero-order valence-corrected chi connectivity index (χ0v) is 9.89. The van der Waals surface area contributed by atoms with Gasteiger partial charge >= 0.3 is 0 Å². The Hall–Kier alpha value is -1.49. The van der Waals surface area contributed by atoms with Crippen LogP contribution in [0.1, 0.15) is 31.2 Å². The largest absolute Gasteiger partial charge is 0.508 e. The van der Waals surface area contributed by atoms with Crippen molar-refractivity contribution in [2.24, 2.45) is 17.3 Å². The van der Waals surface area contributed by atoms with Crippen LogP contribution in [0.5, 0.6) is 5.75 Å². The number of phenolic OH excluding ortho intramolecular Hbond substituents is 1. The van der Waals surface area contributed by atoms with E-state index >= 15 is 0 Å². The highest BCUT2D eigenvalue weighted by Crippen LogP contribution is 2.57. The number of nitriles is 1. The van der Waals surface area contributed by atoms with Crippen molar-refractivity contribution in [2.45, 2.75) is 32.1 Å². The fraction of sp³-hybridized carbons (Fsp3) is 0.533. The Morgan fingerprint density at radius 1 is 1.41 bits per heavy atom. The van der Waals surface area contributed by atoms with Gasteiger partial charge in [-0.3, -0.25) is 0 Å². The maximum absolute atomic E-state index is 9.56. The normalized spacial score (nSPS) is 34.8. The summed E-state index contributed by atoms with van der Waals surface area (Å²) in [5.74, 6) is 1.66.